The summed E-state index contributed by atoms with van der Waals surface area (Å²) in [4.78, 5) is 11.2. The smallest absolute Gasteiger partial charge is 0.370 e. The fraction of sp³-hybridized carbons (Fsp3) is 0.615. The number of hydrogen-bond acceptors (Lipinski definition) is 7. The highest BCUT2D eigenvalue weighted by Gasteiger charge is 2.41. The largest absolute Gasteiger partial charge is 0.480 e. The number of aliphatic hydroxyl groups is 2. The number of carboxylic acids is 1. The molecule has 0 aromatic heterocycles. The van der Waals surface area contributed by atoms with E-state index in [1.165, 1.54) is 13.2 Å². The second kappa shape index (κ2) is 7.30. The van der Waals surface area contributed by atoms with Crippen LogP contribution in [0.25, 0.3) is 0 Å². The minimum Gasteiger partial charge on any atom is -0.480 e. The summed E-state index contributed by atoms with van der Waals surface area (Å²) in [7, 11) is 1.35. The van der Waals surface area contributed by atoms with Gasteiger partial charge in [0.05, 0.1) is 18.5 Å². The van der Waals surface area contributed by atoms with Crippen LogP contribution in [0.5, 0.6) is 0 Å². The van der Waals surface area contributed by atoms with Crippen molar-refractivity contribution in [3.8, 4) is 0 Å². The Kier molecular flexibility index (Phi) is 6.01. The van der Waals surface area contributed by atoms with Gasteiger partial charge in [-0.2, -0.15) is 0 Å². The standard InChI is InChI=1S/C13H22N2O6/c1-6-8(15-7(2)14)4-10(13(18)19)21-11(6)12(20-3)9(17)5-16/h4,6,8-9,11-12,15-17H,2,5,14H2,1,3H3,(H,18,19)/t6-,8+,9-,11-,12-/m1/s1. The fourth-order valence-corrected chi connectivity index (χ4v) is 2.30. The third-order valence-corrected chi connectivity index (χ3v) is 3.40. The van der Waals surface area contributed by atoms with E-state index in [0.29, 0.717) is 0 Å². The Bertz CT molecular complexity index is 425. The third kappa shape index (κ3) is 4.10. The van der Waals surface area contributed by atoms with Crippen LogP contribution in [0.4, 0.5) is 0 Å². The zero-order chi connectivity index (χ0) is 16.2. The van der Waals surface area contributed by atoms with Gasteiger partial charge >= 0.3 is 5.97 Å². The van der Waals surface area contributed by atoms with Gasteiger partial charge in [-0.25, -0.2) is 4.79 Å². The lowest BCUT2D eigenvalue weighted by Gasteiger charge is -2.39. The number of ether oxygens (including phenoxy) is 2. The van der Waals surface area contributed by atoms with Gasteiger partial charge in [-0.15, -0.1) is 0 Å². The molecule has 1 aliphatic heterocycles. The second-order valence-electron chi connectivity index (χ2n) is 4.92. The minimum atomic E-state index is -1.24. The molecule has 0 saturated heterocycles. The lowest BCUT2D eigenvalue weighted by atomic mass is 9.87. The predicted octanol–water partition coefficient (Wildman–Crippen LogP) is -1.25. The first-order valence-electron chi connectivity index (χ1n) is 6.46. The number of hydrogen-bond donors (Lipinski definition) is 5. The molecule has 1 aliphatic rings. The molecule has 0 aromatic rings. The van der Waals surface area contributed by atoms with Crippen molar-refractivity contribution in [2.45, 2.75) is 31.3 Å². The molecule has 0 aromatic carbocycles. The minimum absolute atomic E-state index is 0.185. The van der Waals surface area contributed by atoms with Gasteiger partial charge in [0.15, 0.2) is 0 Å². The number of methoxy groups -OCH3 is 1. The number of aliphatic carboxylic acids is 1. The number of nitrogens with two attached hydrogens (primary N) is 1. The molecule has 0 saturated carbocycles. The molecule has 0 unspecified atom stereocenters. The normalized spacial score (nSPS) is 28.0. The van der Waals surface area contributed by atoms with Gasteiger partial charge in [-0.05, 0) is 6.08 Å². The lowest BCUT2D eigenvalue weighted by molar-refractivity contribution is -0.151. The van der Waals surface area contributed by atoms with Crippen molar-refractivity contribution in [1.82, 2.24) is 5.32 Å². The van der Waals surface area contributed by atoms with Gasteiger partial charge in [0, 0.05) is 13.0 Å². The van der Waals surface area contributed by atoms with E-state index in [-0.39, 0.29) is 17.5 Å². The molecule has 6 N–H and O–H groups in total. The van der Waals surface area contributed by atoms with Crippen LogP contribution in [0, 0.1) is 5.92 Å². The van der Waals surface area contributed by atoms with Crippen molar-refractivity contribution in [2.24, 2.45) is 11.7 Å². The van der Waals surface area contributed by atoms with Crippen molar-refractivity contribution in [3.63, 3.8) is 0 Å². The molecule has 1 rings (SSSR count). The molecule has 0 radical (unpaired) electrons. The zero-order valence-electron chi connectivity index (χ0n) is 12.0. The number of nitrogens with one attached hydrogen (secondary N) is 1. The summed E-state index contributed by atoms with van der Waals surface area (Å²) < 4.78 is 10.6. The third-order valence-electron chi connectivity index (χ3n) is 3.40. The molecule has 5 atom stereocenters. The molecule has 8 heteroatoms. The van der Waals surface area contributed by atoms with Gasteiger partial charge < -0.3 is 35.8 Å². The van der Waals surface area contributed by atoms with Crippen LogP contribution in [0.2, 0.25) is 0 Å². The van der Waals surface area contributed by atoms with E-state index in [9.17, 15) is 9.90 Å². The second-order valence-corrected chi connectivity index (χ2v) is 4.92. The molecule has 0 aliphatic carbocycles. The Hall–Kier alpha value is -1.77. The Morgan fingerprint density at radius 2 is 2.29 bits per heavy atom. The maximum Gasteiger partial charge on any atom is 0.370 e. The first-order chi connectivity index (χ1) is 9.81. The zero-order valence-corrected chi connectivity index (χ0v) is 12.0. The highest BCUT2D eigenvalue weighted by molar-refractivity contribution is 5.84. The van der Waals surface area contributed by atoms with Crippen molar-refractivity contribution in [2.75, 3.05) is 13.7 Å². The molecule has 1 heterocycles. The maximum atomic E-state index is 11.2. The summed E-state index contributed by atoms with van der Waals surface area (Å²) in [6, 6.07) is -0.448. The van der Waals surface area contributed by atoms with Crippen LogP contribution in [0.1, 0.15) is 6.92 Å². The van der Waals surface area contributed by atoms with Crippen LogP contribution in [0.3, 0.4) is 0 Å². The van der Waals surface area contributed by atoms with E-state index < -0.39 is 36.9 Å². The maximum absolute atomic E-state index is 11.2. The van der Waals surface area contributed by atoms with Crippen molar-refractivity contribution in [1.29, 1.82) is 0 Å². The van der Waals surface area contributed by atoms with Crippen molar-refractivity contribution >= 4 is 5.97 Å². The van der Waals surface area contributed by atoms with Crippen LogP contribution in [-0.2, 0) is 14.3 Å². The summed E-state index contributed by atoms with van der Waals surface area (Å²) in [6.07, 6.45) is -1.47. The highest BCUT2D eigenvalue weighted by Crippen LogP contribution is 2.28. The topological polar surface area (TPSA) is 134 Å². The number of aliphatic hydroxyl groups excluding tert-OH is 2. The lowest BCUT2D eigenvalue weighted by Crippen LogP contribution is -2.53. The van der Waals surface area contributed by atoms with Gasteiger partial charge in [-0.3, -0.25) is 0 Å². The fourth-order valence-electron chi connectivity index (χ4n) is 2.30. The van der Waals surface area contributed by atoms with E-state index in [2.05, 4.69) is 11.9 Å². The van der Waals surface area contributed by atoms with E-state index >= 15 is 0 Å². The van der Waals surface area contributed by atoms with Crippen molar-refractivity contribution in [3.05, 3.63) is 24.2 Å². The SMILES string of the molecule is C=C(N)N[C@H]1C=C(C(=O)O)O[C@@H]([C@H](OC)[C@H](O)CO)[C@@H]1C. The first kappa shape index (κ1) is 17.3. The Balaban J connectivity index is 3.07. The van der Waals surface area contributed by atoms with Crippen LogP contribution >= 0.6 is 0 Å². The molecule has 21 heavy (non-hydrogen) atoms. The average molecular weight is 302 g/mol. The Morgan fingerprint density at radius 3 is 2.71 bits per heavy atom. The molecule has 0 bridgehead atoms. The van der Waals surface area contributed by atoms with Gasteiger partial charge in [-0.1, -0.05) is 13.5 Å². The molecule has 0 fully saturated rings. The average Bonchev–Trinajstić information content (AvgIpc) is 2.42. The molecular weight excluding hydrogens is 280 g/mol. The highest BCUT2D eigenvalue weighted by atomic mass is 16.6. The summed E-state index contributed by atoms with van der Waals surface area (Å²) in [5.74, 6) is -1.61. The predicted molar refractivity (Wildman–Crippen MR) is 73.9 cm³/mol. The number of rotatable bonds is 7. The van der Waals surface area contributed by atoms with Gasteiger partial charge in [0.2, 0.25) is 5.76 Å². The first-order valence-corrected chi connectivity index (χ1v) is 6.46. The molecule has 8 nitrogen and oxygen atoms in total. The van der Waals surface area contributed by atoms with Crippen LogP contribution in [0.15, 0.2) is 24.2 Å². The molecule has 0 amide bonds. The molecule has 0 spiro atoms. The molecule has 120 valence electrons. The van der Waals surface area contributed by atoms with E-state index in [0.717, 1.165) is 0 Å². The van der Waals surface area contributed by atoms with Crippen LogP contribution in [-0.4, -0.2) is 59.4 Å². The van der Waals surface area contributed by atoms with Crippen LogP contribution < -0.4 is 11.1 Å². The summed E-state index contributed by atoms with van der Waals surface area (Å²) in [5.41, 5.74) is 5.50. The van der Waals surface area contributed by atoms with E-state index in [1.54, 1.807) is 6.92 Å². The quantitative estimate of drug-likeness (QED) is 0.393. The summed E-state index contributed by atoms with van der Waals surface area (Å²) in [6.45, 7) is 4.78. The number of carboxylic acid groups (broad SMARTS) is 1. The summed E-state index contributed by atoms with van der Waals surface area (Å²) in [5, 5.41) is 30.8. The van der Waals surface area contributed by atoms with Crippen molar-refractivity contribution < 1.29 is 29.6 Å². The monoisotopic (exact) mass is 302 g/mol. The Labute approximate surface area is 122 Å². The number of carbonyl (C=O) groups is 1. The Morgan fingerprint density at radius 1 is 1.67 bits per heavy atom. The van der Waals surface area contributed by atoms with E-state index in [1.807, 2.05) is 0 Å². The van der Waals surface area contributed by atoms with E-state index in [4.69, 9.17) is 25.4 Å². The van der Waals surface area contributed by atoms with Gasteiger partial charge in [0.1, 0.15) is 18.3 Å². The molecular formula is C13H22N2O6. The van der Waals surface area contributed by atoms with Gasteiger partial charge in [0.25, 0.3) is 0 Å². The summed E-state index contributed by atoms with van der Waals surface area (Å²) >= 11 is 0.